The highest BCUT2D eigenvalue weighted by atomic mass is 32.2. The van der Waals surface area contributed by atoms with E-state index in [0.717, 1.165) is 29.2 Å². The zero-order valence-electron chi connectivity index (χ0n) is 22.5. The van der Waals surface area contributed by atoms with E-state index >= 15 is 4.39 Å². The van der Waals surface area contributed by atoms with Crippen LogP contribution in [0.1, 0.15) is 42.4 Å². The average molecular weight is 678 g/mol. The Balaban J connectivity index is 1.67. The van der Waals surface area contributed by atoms with Crippen LogP contribution in [0.3, 0.4) is 0 Å². The number of hydrogen-bond donors (Lipinski definition) is 0. The van der Waals surface area contributed by atoms with Gasteiger partial charge in [0.05, 0.1) is 22.4 Å². The van der Waals surface area contributed by atoms with Gasteiger partial charge in [0, 0.05) is 24.9 Å². The molecule has 0 saturated carbocycles. The van der Waals surface area contributed by atoms with Crippen LogP contribution < -0.4 is 0 Å². The van der Waals surface area contributed by atoms with Crippen molar-refractivity contribution >= 4 is 25.6 Å². The van der Waals surface area contributed by atoms with E-state index in [4.69, 9.17) is 0 Å². The third-order valence-corrected chi connectivity index (χ3v) is 13.1. The third-order valence-electron chi connectivity index (χ3n) is 8.93. The van der Waals surface area contributed by atoms with Crippen LogP contribution in [-0.4, -0.2) is 69.8 Å². The highest BCUT2D eigenvalue weighted by Gasteiger charge is 2.74. The molecular weight excluding hydrogens is 653 g/mol. The molecule has 17 heteroatoms. The first-order valence-electron chi connectivity index (χ1n) is 13.3. The first kappa shape index (κ1) is 32.6. The van der Waals surface area contributed by atoms with Gasteiger partial charge in [0.15, 0.2) is 25.3 Å². The Morgan fingerprint density at radius 1 is 0.886 bits per heavy atom. The van der Waals surface area contributed by atoms with Gasteiger partial charge in [-0.05, 0) is 54.7 Å². The Bertz CT molecular complexity index is 1680. The van der Waals surface area contributed by atoms with Gasteiger partial charge in [0.25, 0.3) is 5.91 Å². The van der Waals surface area contributed by atoms with Crippen molar-refractivity contribution in [2.45, 2.75) is 71.5 Å². The number of aryl methyl sites for hydroxylation is 1. The normalized spacial score (nSPS) is 25.3. The van der Waals surface area contributed by atoms with Crippen LogP contribution in [0, 0.1) is 5.82 Å². The predicted molar refractivity (Wildman–Crippen MR) is 137 cm³/mol. The number of sulfone groups is 2. The summed E-state index contributed by atoms with van der Waals surface area (Å²) < 4.78 is 176. The van der Waals surface area contributed by atoms with Gasteiger partial charge in [-0.1, -0.05) is 18.2 Å². The smallest absolute Gasteiger partial charge is 0.335 e. The average Bonchev–Trinajstić information content (AvgIpc) is 3.34. The van der Waals surface area contributed by atoms with Crippen LogP contribution in [0.25, 0.3) is 0 Å². The molecule has 1 aliphatic carbocycles. The number of halogens is 9. The third kappa shape index (κ3) is 4.70. The molecule has 5 rings (SSSR count). The number of nitrogens with zero attached hydrogens (tertiary/aromatic N) is 1. The molecular formula is C27H24F9NO5S2. The number of amides is 1. The molecule has 0 aromatic heterocycles. The summed E-state index contributed by atoms with van der Waals surface area (Å²) in [5.41, 5.74) is -10.9. The molecule has 242 valence electrons. The second-order valence-electron chi connectivity index (χ2n) is 11.3. The van der Waals surface area contributed by atoms with Crippen molar-refractivity contribution in [1.82, 2.24) is 4.90 Å². The highest BCUT2D eigenvalue weighted by Crippen LogP contribution is 2.57. The van der Waals surface area contributed by atoms with Gasteiger partial charge < -0.3 is 4.90 Å². The molecule has 2 fully saturated rings. The van der Waals surface area contributed by atoms with Crippen molar-refractivity contribution in [2.75, 3.05) is 18.1 Å². The fraction of sp³-hybridized carbons (Fsp3) is 0.519. The van der Waals surface area contributed by atoms with Crippen LogP contribution in [0.5, 0.6) is 0 Å². The summed E-state index contributed by atoms with van der Waals surface area (Å²) in [6.07, 6.45) is -15.5. The molecule has 0 bridgehead atoms. The van der Waals surface area contributed by atoms with E-state index < -0.39 is 120 Å². The molecule has 0 spiro atoms. The number of likely N-dealkylation sites (tertiary alicyclic amines) is 1. The molecule has 44 heavy (non-hydrogen) atoms. The van der Waals surface area contributed by atoms with Gasteiger partial charge >= 0.3 is 18.0 Å². The summed E-state index contributed by atoms with van der Waals surface area (Å²) in [7, 11) is -8.36. The molecule has 2 aliphatic heterocycles. The molecule has 2 aromatic carbocycles. The summed E-state index contributed by atoms with van der Waals surface area (Å²) in [5, 5.41) is 0. The Kier molecular flexibility index (Phi) is 7.47. The largest absolute Gasteiger partial charge is 0.435 e. The number of alkyl halides is 8. The molecule has 0 N–H and O–H groups in total. The first-order valence-corrected chi connectivity index (χ1v) is 16.6. The molecule has 3 aliphatic rings. The number of carbonyl (C=O) groups excluding carboxylic acids is 1. The van der Waals surface area contributed by atoms with Crippen LogP contribution in [0.2, 0.25) is 0 Å². The molecule has 0 radical (unpaired) electrons. The Labute approximate surface area is 246 Å². The number of fused-ring (bicyclic) bond motifs is 3. The zero-order chi connectivity index (χ0) is 32.7. The van der Waals surface area contributed by atoms with E-state index in [2.05, 4.69) is 0 Å². The minimum Gasteiger partial charge on any atom is -0.335 e. The van der Waals surface area contributed by atoms with E-state index in [9.17, 15) is 56.8 Å². The maximum absolute atomic E-state index is 15.9. The lowest BCUT2D eigenvalue weighted by Gasteiger charge is -2.44. The maximum atomic E-state index is 15.9. The van der Waals surface area contributed by atoms with E-state index in [1.807, 2.05) is 0 Å². The number of benzene rings is 2. The standard InChI is InChI=1S/C27H24F9NO5S2/c28-18-3-5-19(6-4-18)44(41,42)24-9-12-37(22(38)23(29)10-13-43(39,40)14-11-23)21(24)8-1-16-15-17(2-7-20(16)24)25(30,26(31,32)33)27(34,35)36/h2-7,15,21H,1,8-14H2/t21-,24-/m0/s1. The predicted octanol–water partition coefficient (Wildman–Crippen LogP) is 5.25. The summed E-state index contributed by atoms with van der Waals surface area (Å²) in [4.78, 5) is 14.0. The second kappa shape index (κ2) is 10.1. The second-order valence-corrected chi connectivity index (χ2v) is 15.8. The topological polar surface area (TPSA) is 88.6 Å². The zero-order valence-corrected chi connectivity index (χ0v) is 24.1. The maximum Gasteiger partial charge on any atom is 0.435 e. The molecule has 2 saturated heterocycles. The van der Waals surface area contributed by atoms with Crippen LogP contribution in [-0.2, 0) is 41.3 Å². The van der Waals surface area contributed by atoms with Gasteiger partial charge in [-0.2, -0.15) is 26.3 Å². The van der Waals surface area contributed by atoms with Crippen LogP contribution in [0.15, 0.2) is 47.4 Å². The summed E-state index contributed by atoms with van der Waals surface area (Å²) in [6, 6.07) is 3.17. The van der Waals surface area contributed by atoms with E-state index in [1.165, 1.54) is 0 Å². The van der Waals surface area contributed by atoms with Gasteiger partial charge in [-0.3, -0.25) is 4.79 Å². The molecule has 2 atom stereocenters. The molecule has 0 unspecified atom stereocenters. The van der Waals surface area contributed by atoms with Crippen molar-refractivity contribution in [1.29, 1.82) is 0 Å². The lowest BCUT2D eigenvalue weighted by Crippen LogP contribution is -2.57. The highest BCUT2D eigenvalue weighted by molar-refractivity contribution is 7.92. The van der Waals surface area contributed by atoms with Gasteiger partial charge in [0.1, 0.15) is 10.6 Å². The van der Waals surface area contributed by atoms with E-state index in [0.29, 0.717) is 12.1 Å². The van der Waals surface area contributed by atoms with Crippen molar-refractivity contribution in [2.24, 2.45) is 0 Å². The lowest BCUT2D eigenvalue weighted by atomic mass is 9.76. The number of rotatable bonds is 4. The molecule has 2 aromatic rings. The van der Waals surface area contributed by atoms with Crippen LogP contribution in [0.4, 0.5) is 39.5 Å². The monoisotopic (exact) mass is 677 g/mol. The van der Waals surface area contributed by atoms with Crippen LogP contribution >= 0.6 is 0 Å². The minimum atomic E-state index is -6.42. The fourth-order valence-corrected chi connectivity index (χ4v) is 10.5. The fourth-order valence-electron chi connectivity index (χ4n) is 6.63. The molecule has 1 amide bonds. The SMILES string of the molecule is O=C(N1CC[C@]2(S(=O)(=O)c3ccc(F)cc3)c3ccc(C(F)(C(F)(F)F)C(F)(F)F)cc3CC[C@H]12)C1(F)CCS(=O)(=O)CC1. The van der Waals surface area contributed by atoms with Gasteiger partial charge in [0.2, 0.25) is 0 Å². The number of hydrogen-bond acceptors (Lipinski definition) is 5. The van der Waals surface area contributed by atoms with Crippen molar-refractivity contribution in [3.63, 3.8) is 0 Å². The molecule has 6 nitrogen and oxygen atoms in total. The summed E-state index contributed by atoms with van der Waals surface area (Å²) in [6.45, 7) is -0.415. The van der Waals surface area contributed by atoms with Gasteiger partial charge in [-0.15, -0.1) is 0 Å². The first-order chi connectivity index (χ1) is 20.1. The van der Waals surface area contributed by atoms with E-state index in [1.54, 1.807) is 0 Å². The Morgan fingerprint density at radius 2 is 1.45 bits per heavy atom. The summed E-state index contributed by atoms with van der Waals surface area (Å²) >= 11 is 0. The minimum absolute atomic E-state index is 0.192. The van der Waals surface area contributed by atoms with E-state index in [-0.39, 0.29) is 23.6 Å². The van der Waals surface area contributed by atoms with Crippen molar-refractivity contribution in [3.05, 3.63) is 65.0 Å². The summed E-state index contributed by atoms with van der Waals surface area (Å²) in [5.74, 6) is -3.28. The lowest BCUT2D eigenvalue weighted by molar-refractivity contribution is -0.348. The number of carbonyl (C=O) groups is 1. The van der Waals surface area contributed by atoms with Crippen molar-refractivity contribution in [3.8, 4) is 0 Å². The molecule has 2 heterocycles. The Hall–Kier alpha value is -2.82. The van der Waals surface area contributed by atoms with Crippen molar-refractivity contribution < 1.29 is 61.1 Å². The Morgan fingerprint density at radius 3 is 2.00 bits per heavy atom. The van der Waals surface area contributed by atoms with Gasteiger partial charge in [-0.25, -0.2) is 30.0 Å². The quantitative estimate of drug-likeness (QED) is 0.326.